The first kappa shape index (κ1) is 23.4. The first-order valence-corrected chi connectivity index (χ1v) is 10.4. The van der Waals surface area contributed by atoms with Gasteiger partial charge in [-0.15, -0.1) is 0 Å². The molecule has 0 saturated carbocycles. The molecule has 1 aliphatic rings. The van der Waals surface area contributed by atoms with Crippen LogP contribution < -0.4 is 10.2 Å². The van der Waals surface area contributed by atoms with Gasteiger partial charge in [0.1, 0.15) is 22.9 Å². The van der Waals surface area contributed by atoms with Gasteiger partial charge in [0.05, 0.1) is 18.8 Å². The topological polar surface area (TPSA) is 93.5 Å². The number of amides is 2. The van der Waals surface area contributed by atoms with Crippen LogP contribution in [-0.4, -0.2) is 46.3 Å². The van der Waals surface area contributed by atoms with Crippen molar-refractivity contribution in [1.82, 2.24) is 15.1 Å². The molecule has 0 saturated heterocycles. The van der Waals surface area contributed by atoms with Gasteiger partial charge in [-0.25, -0.2) is 13.6 Å². The van der Waals surface area contributed by atoms with E-state index >= 15 is 0 Å². The zero-order valence-electron chi connectivity index (χ0n) is 18.4. The zero-order valence-corrected chi connectivity index (χ0v) is 18.4. The minimum Gasteiger partial charge on any atom is -0.461 e. The molecule has 2 amide bonds. The molecule has 1 unspecified atom stereocenters. The third-order valence-electron chi connectivity index (χ3n) is 5.28. The first-order valence-electron chi connectivity index (χ1n) is 10.4. The average Bonchev–Trinajstić information content (AvgIpc) is 3.13. The van der Waals surface area contributed by atoms with Gasteiger partial charge in [0.25, 0.3) is 5.91 Å². The number of halogens is 2. The van der Waals surface area contributed by atoms with Crippen molar-refractivity contribution >= 4 is 23.5 Å². The third-order valence-corrected chi connectivity index (χ3v) is 5.28. The van der Waals surface area contributed by atoms with Crippen LogP contribution in [-0.2, 0) is 16.1 Å². The van der Waals surface area contributed by atoms with Gasteiger partial charge in [-0.1, -0.05) is 13.8 Å². The molecule has 0 aliphatic carbocycles. The summed E-state index contributed by atoms with van der Waals surface area (Å²) in [7, 11) is 0. The number of esters is 1. The van der Waals surface area contributed by atoms with E-state index < -0.39 is 35.0 Å². The van der Waals surface area contributed by atoms with E-state index in [4.69, 9.17) is 4.74 Å². The van der Waals surface area contributed by atoms with Crippen LogP contribution in [0.2, 0.25) is 0 Å². The van der Waals surface area contributed by atoms with Gasteiger partial charge in [-0.2, -0.15) is 5.10 Å². The first-order chi connectivity index (χ1) is 15.1. The number of benzene rings is 1. The Kier molecular flexibility index (Phi) is 6.61. The van der Waals surface area contributed by atoms with Gasteiger partial charge in [0, 0.05) is 18.7 Å². The van der Waals surface area contributed by atoms with Gasteiger partial charge >= 0.3 is 5.97 Å². The molecule has 10 heteroatoms. The number of aromatic nitrogens is 2. The molecule has 0 radical (unpaired) electrons. The molecular weight excluding hydrogens is 422 g/mol. The van der Waals surface area contributed by atoms with Crippen LogP contribution in [0.5, 0.6) is 0 Å². The van der Waals surface area contributed by atoms with Crippen LogP contribution in [0.1, 0.15) is 55.1 Å². The second-order valence-corrected chi connectivity index (χ2v) is 8.24. The Bertz CT molecular complexity index is 1050. The lowest BCUT2D eigenvalue weighted by molar-refractivity contribution is -0.126. The predicted octanol–water partition coefficient (Wildman–Crippen LogP) is 2.92. The molecule has 0 bridgehead atoms. The molecule has 8 nitrogen and oxygen atoms in total. The molecule has 1 aromatic heterocycles. The Labute approximate surface area is 184 Å². The maximum atomic E-state index is 14.7. The van der Waals surface area contributed by atoms with Crippen molar-refractivity contribution in [3.63, 3.8) is 0 Å². The van der Waals surface area contributed by atoms with Crippen molar-refractivity contribution < 1.29 is 27.9 Å². The van der Waals surface area contributed by atoms with Crippen LogP contribution in [0.25, 0.3) is 0 Å². The molecule has 0 fully saturated rings. The number of ether oxygens (including phenoxy) is 1. The zero-order chi connectivity index (χ0) is 23.6. The second-order valence-electron chi connectivity index (χ2n) is 8.24. The Morgan fingerprint density at radius 3 is 2.62 bits per heavy atom. The molecule has 3 rings (SSSR count). The summed E-state index contributed by atoms with van der Waals surface area (Å²) in [6.07, 6.45) is 0.709. The van der Waals surface area contributed by atoms with E-state index in [1.54, 1.807) is 6.92 Å². The van der Waals surface area contributed by atoms with Gasteiger partial charge in [-0.05, 0) is 38.3 Å². The highest BCUT2D eigenvalue weighted by Gasteiger charge is 2.49. The fraction of sp³-hybridized carbons (Fsp3) is 0.455. The third kappa shape index (κ3) is 4.35. The molecule has 1 atom stereocenters. The van der Waals surface area contributed by atoms with Crippen LogP contribution in [0.15, 0.2) is 24.3 Å². The summed E-state index contributed by atoms with van der Waals surface area (Å²) in [5.41, 5.74) is -1.94. The lowest BCUT2D eigenvalue weighted by atomic mass is 9.93. The number of rotatable bonds is 7. The maximum Gasteiger partial charge on any atom is 0.358 e. The van der Waals surface area contributed by atoms with E-state index in [1.807, 2.05) is 13.8 Å². The molecule has 1 aliphatic heterocycles. The highest BCUT2D eigenvalue weighted by molar-refractivity contribution is 6.12. The summed E-state index contributed by atoms with van der Waals surface area (Å²) in [6, 6.07) is 4.01. The normalized spacial score (nSPS) is 18.0. The number of hydrogen-bond donors (Lipinski definition) is 1. The van der Waals surface area contributed by atoms with Gasteiger partial charge in [-0.3, -0.25) is 19.2 Å². The van der Waals surface area contributed by atoms with Crippen LogP contribution in [0, 0.1) is 17.6 Å². The number of carbonyl (C=O) groups is 3. The number of fused-ring (bicyclic) bond motifs is 1. The highest BCUT2D eigenvalue weighted by atomic mass is 19.1. The maximum absolute atomic E-state index is 14.7. The fourth-order valence-corrected chi connectivity index (χ4v) is 3.59. The molecule has 0 spiro atoms. The van der Waals surface area contributed by atoms with Gasteiger partial charge < -0.3 is 10.1 Å². The summed E-state index contributed by atoms with van der Waals surface area (Å²) in [5.74, 6) is -3.44. The smallest absolute Gasteiger partial charge is 0.358 e. The standard InChI is InChI=1S/C22H26F2N4O4/c1-5-32-20(30)16-11-18-19(29)28(17-7-6-14(23)10-15(17)24)22(4,12-27(18)26-16)21(31)25-9-8-13(2)3/h6-7,10-11,13H,5,8-9,12H2,1-4H3,(H,25,31). The Morgan fingerprint density at radius 2 is 2.00 bits per heavy atom. The van der Waals surface area contributed by atoms with E-state index in [1.165, 1.54) is 17.7 Å². The van der Waals surface area contributed by atoms with Crippen molar-refractivity contribution in [2.75, 3.05) is 18.1 Å². The SMILES string of the molecule is CCOC(=O)c1cc2n(n1)CC(C)(C(=O)NCCC(C)C)N(c1ccc(F)cc1F)C2=O. The van der Waals surface area contributed by atoms with Crippen molar-refractivity contribution in [2.45, 2.75) is 46.2 Å². The number of nitrogens with one attached hydrogen (secondary N) is 1. The van der Waals surface area contributed by atoms with Crippen molar-refractivity contribution in [3.05, 3.63) is 47.3 Å². The van der Waals surface area contributed by atoms with Crippen molar-refractivity contribution in [3.8, 4) is 0 Å². The van der Waals surface area contributed by atoms with Crippen molar-refractivity contribution in [1.29, 1.82) is 0 Å². The largest absolute Gasteiger partial charge is 0.461 e. The Hall–Kier alpha value is -3.30. The molecular formula is C22H26F2N4O4. The Balaban J connectivity index is 2.07. The molecule has 1 aromatic carbocycles. The lowest BCUT2D eigenvalue weighted by Crippen LogP contribution is -2.64. The number of nitrogens with zero attached hydrogens (tertiary/aromatic N) is 3. The van der Waals surface area contributed by atoms with Crippen LogP contribution >= 0.6 is 0 Å². The fourth-order valence-electron chi connectivity index (χ4n) is 3.59. The second kappa shape index (κ2) is 9.05. The van der Waals surface area contributed by atoms with Crippen molar-refractivity contribution in [2.24, 2.45) is 5.92 Å². The summed E-state index contributed by atoms with van der Waals surface area (Å²) >= 11 is 0. The predicted molar refractivity (Wildman–Crippen MR) is 112 cm³/mol. The molecule has 2 aromatic rings. The van der Waals surface area contributed by atoms with Gasteiger partial charge in [0.15, 0.2) is 5.69 Å². The molecule has 1 N–H and O–H groups in total. The summed E-state index contributed by atoms with van der Waals surface area (Å²) in [6.45, 7) is 7.47. The van der Waals surface area contributed by atoms with Gasteiger partial charge in [0.2, 0.25) is 5.91 Å². The van der Waals surface area contributed by atoms with E-state index in [2.05, 4.69) is 10.4 Å². The number of hydrogen-bond acceptors (Lipinski definition) is 5. The minimum atomic E-state index is -1.59. The molecule has 172 valence electrons. The van der Waals surface area contributed by atoms with E-state index in [-0.39, 0.29) is 30.2 Å². The summed E-state index contributed by atoms with van der Waals surface area (Å²) in [4.78, 5) is 39.8. The van der Waals surface area contributed by atoms with Crippen LogP contribution in [0.3, 0.4) is 0 Å². The monoisotopic (exact) mass is 448 g/mol. The molecule has 32 heavy (non-hydrogen) atoms. The number of carbonyl (C=O) groups excluding carboxylic acids is 3. The quantitative estimate of drug-likeness (QED) is 0.658. The molecule has 2 heterocycles. The minimum absolute atomic E-state index is 0.00997. The van der Waals surface area contributed by atoms with E-state index in [0.29, 0.717) is 24.9 Å². The Morgan fingerprint density at radius 1 is 1.28 bits per heavy atom. The number of anilines is 1. The van der Waals surface area contributed by atoms with Crippen LogP contribution in [0.4, 0.5) is 14.5 Å². The summed E-state index contributed by atoms with van der Waals surface area (Å²) < 4.78 is 34.4. The summed E-state index contributed by atoms with van der Waals surface area (Å²) in [5, 5.41) is 6.93. The average molecular weight is 448 g/mol. The highest BCUT2D eigenvalue weighted by Crippen LogP contribution is 2.34. The van der Waals surface area contributed by atoms with E-state index in [9.17, 15) is 23.2 Å². The lowest BCUT2D eigenvalue weighted by Gasteiger charge is -2.43. The van der Waals surface area contributed by atoms with E-state index in [0.717, 1.165) is 17.0 Å².